The third kappa shape index (κ3) is 4.18. The van der Waals surface area contributed by atoms with E-state index in [2.05, 4.69) is 37.4 Å². The quantitative estimate of drug-likeness (QED) is 0.719. The molecule has 22 heavy (non-hydrogen) atoms. The van der Waals surface area contributed by atoms with Crippen LogP contribution in [-0.2, 0) is 15.9 Å². The fourth-order valence-corrected chi connectivity index (χ4v) is 2.64. The molecule has 1 heterocycles. The van der Waals surface area contributed by atoms with Crippen molar-refractivity contribution in [2.75, 3.05) is 38.8 Å². The van der Waals surface area contributed by atoms with Crippen molar-refractivity contribution >= 4 is 16.6 Å². The van der Waals surface area contributed by atoms with E-state index >= 15 is 0 Å². The predicted molar refractivity (Wildman–Crippen MR) is 91.7 cm³/mol. The number of pyridine rings is 1. The summed E-state index contributed by atoms with van der Waals surface area (Å²) in [7, 11) is 1.69. The zero-order valence-electron chi connectivity index (χ0n) is 13.8. The van der Waals surface area contributed by atoms with Gasteiger partial charge in [-0.1, -0.05) is 25.1 Å². The molecule has 0 aliphatic carbocycles. The van der Waals surface area contributed by atoms with Crippen LogP contribution in [0.15, 0.2) is 24.3 Å². The lowest BCUT2D eigenvalue weighted by Gasteiger charge is -2.16. The number of methoxy groups -OCH3 is 1. The molecule has 0 atom stereocenters. The molecule has 0 amide bonds. The minimum Gasteiger partial charge on any atom is -0.384 e. The fourth-order valence-electron chi connectivity index (χ4n) is 2.64. The second-order valence-corrected chi connectivity index (χ2v) is 5.31. The maximum Gasteiger partial charge on any atom is 0.0726 e. The number of rotatable bonds is 9. The van der Waals surface area contributed by atoms with Crippen molar-refractivity contribution in [2.24, 2.45) is 0 Å². The van der Waals surface area contributed by atoms with Crippen LogP contribution in [0.5, 0.6) is 0 Å². The standard InChI is InChI=1S/C18H26N2O2/c1-4-15-14(2)20-17-9-6-5-8-16(17)18(15)19-10-7-11-22-13-12-21-3/h5-6,8-9H,4,7,10-13H2,1-3H3,(H,19,20). The molecule has 0 aliphatic rings. The van der Waals surface area contributed by atoms with Crippen molar-refractivity contribution in [2.45, 2.75) is 26.7 Å². The van der Waals surface area contributed by atoms with Gasteiger partial charge < -0.3 is 14.8 Å². The van der Waals surface area contributed by atoms with Crippen LogP contribution in [-0.4, -0.2) is 38.5 Å². The van der Waals surface area contributed by atoms with Gasteiger partial charge in [0, 0.05) is 37.0 Å². The third-order valence-electron chi connectivity index (χ3n) is 3.75. The Labute approximate surface area is 132 Å². The largest absolute Gasteiger partial charge is 0.384 e. The number of ether oxygens (including phenoxy) is 2. The van der Waals surface area contributed by atoms with E-state index in [1.807, 2.05) is 6.07 Å². The molecule has 2 rings (SSSR count). The number of para-hydroxylation sites is 1. The summed E-state index contributed by atoms with van der Waals surface area (Å²) in [5, 5.41) is 4.79. The van der Waals surface area contributed by atoms with Crippen LogP contribution in [0.1, 0.15) is 24.6 Å². The molecule has 1 N–H and O–H groups in total. The Morgan fingerprint density at radius 3 is 2.73 bits per heavy atom. The molecular formula is C18H26N2O2. The van der Waals surface area contributed by atoms with Crippen molar-refractivity contribution in [1.82, 2.24) is 4.98 Å². The number of aryl methyl sites for hydroxylation is 1. The van der Waals surface area contributed by atoms with Crippen LogP contribution in [0.2, 0.25) is 0 Å². The molecule has 1 aromatic heterocycles. The van der Waals surface area contributed by atoms with E-state index in [-0.39, 0.29) is 0 Å². The highest BCUT2D eigenvalue weighted by Crippen LogP contribution is 2.28. The summed E-state index contributed by atoms with van der Waals surface area (Å²) in [5.41, 5.74) is 4.69. The minimum absolute atomic E-state index is 0.654. The second-order valence-electron chi connectivity index (χ2n) is 5.31. The number of anilines is 1. The summed E-state index contributed by atoms with van der Waals surface area (Å²) in [5.74, 6) is 0. The Kier molecular flexibility index (Phi) is 6.62. The smallest absolute Gasteiger partial charge is 0.0726 e. The van der Waals surface area contributed by atoms with Crippen LogP contribution in [0.25, 0.3) is 10.9 Å². The number of nitrogens with one attached hydrogen (secondary N) is 1. The van der Waals surface area contributed by atoms with Gasteiger partial charge in [-0.05, 0) is 31.4 Å². The van der Waals surface area contributed by atoms with E-state index < -0.39 is 0 Å². The molecule has 0 saturated carbocycles. The number of nitrogens with zero attached hydrogens (tertiary/aromatic N) is 1. The van der Waals surface area contributed by atoms with Gasteiger partial charge in [0.2, 0.25) is 0 Å². The molecular weight excluding hydrogens is 276 g/mol. The van der Waals surface area contributed by atoms with E-state index in [0.29, 0.717) is 13.2 Å². The highest BCUT2D eigenvalue weighted by molar-refractivity contribution is 5.93. The van der Waals surface area contributed by atoms with Crippen LogP contribution < -0.4 is 5.32 Å². The summed E-state index contributed by atoms with van der Waals surface area (Å²) >= 11 is 0. The summed E-state index contributed by atoms with van der Waals surface area (Å²) in [6.07, 6.45) is 1.96. The second kappa shape index (κ2) is 8.71. The fraction of sp³-hybridized carbons (Fsp3) is 0.500. The van der Waals surface area contributed by atoms with Crippen molar-refractivity contribution < 1.29 is 9.47 Å². The maximum absolute atomic E-state index is 5.50. The van der Waals surface area contributed by atoms with Crippen LogP contribution in [0.3, 0.4) is 0 Å². The van der Waals surface area contributed by atoms with Gasteiger partial charge >= 0.3 is 0 Å². The first-order chi connectivity index (χ1) is 10.8. The Balaban J connectivity index is 2.03. The van der Waals surface area contributed by atoms with Crippen LogP contribution in [0, 0.1) is 6.92 Å². The molecule has 0 fully saturated rings. The van der Waals surface area contributed by atoms with Crippen molar-refractivity contribution in [1.29, 1.82) is 0 Å². The van der Waals surface area contributed by atoms with Crippen molar-refractivity contribution in [3.8, 4) is 0 Å². The average molecular weight is 302 g/mol. The van der Waals surface area contributed by atoms with Gasteiger partial charge in [-0.25, -0.2) is 0 Å². The van der Waals surface area contributed by atoms with E-state index in [1.54, 1.807) is 7.11 Å². The highest BCUT2D eigenvalue weighted by atomic mass is 16.5. The molecule has 0 unspecified atom stereocenters. The van der Waals surface area contributed by atoms with E-state index in [0.717, 1.165) is 37.2 Å². The topological polar surface area (TPSA) is 43.4 Å². The molecule has 120 valence electrons. The number of benzene rings is 1. The van der Waals surface area contributed by atoms with E-state index in [1.165, 1.54) is 16.6 Å². The monoisotopic (exact) mass is 302 g/mol. The van der Waals surface area contributed by atoms with Crippen LogP contribution >= 0.6 is 0 Å². The Morgan fingerprint density at radius 2 is 1.95 bits per heavy atom. The highest BCUT2D eigenvalue weighted by Gasteiger charge is 2.10. The third-order valence-corrected chi connectivity index (χ3v) is 3.75. The predicted octanol–water partition coefficient (Wildman–Crippen LogP) is 3.57. The first kappa shape index (κ1) is 16.7. The lowest BCUT2D eigenvalue weighted by atomic mass is 10.0. The molecule has 0 aliphatic heterocycles. The Bertz CT molecular complexity index is 599. The van der Waals surface area contributed by atoms with Crippen molar-refractivity contribution in [3.05, 3.63) is 35.5 Å². The molecule has 1 aromatic carbocycles. The van der Waals surface area contributed by atoms with Gasteiger partial charge in [-0.2, -0.15) is 0 Å². The summed E-state index contributed by atoms with van der Waals surface area (Å²) < 4.78 is 10.5. The van der Waals surface area contributed by atoms with Gasteiger partial charge in [0.1, 0.15) is 0 Å². The lowest BCUT2D eigenvalue weighted by Crippen LogP contribution is -2.10. The normalized spacial score (nSPS) is 11.0. The SMILES string of the molecule is CCc1c(C)nc2ccccc2c1NCCCOCCOC. The minimum atomic E-state index is 0.654. The van der Waals surface area contributed by atoms with Gasteiger partial charge in [0.05, 0.1) is 18.7 Å². The lowest BCUT2D eigenvalue weighted by molar-refractivity contribution is 0.0705. The number of aromatic nitrogens is 1. The summed E-state index contributed by atoms with van der Waals surface area (Å²) in [6, 6.07) is 8.31. The zero-order valence-corrected chi connectivity index (χ0v) is 13.8. The number of fused-ring (bicyclic) bond motifs is 1. The number of hydrogen-bond acceptors (Lipinski definition) is 4. The zero-order chi connectivity index (χ0) is 15.8. The number of hydrogen-bond donors (Lipinski definition) is 1. The van der Waals surface area contributed by atoms with Crippen LogP contribution in [0.4, 0.5) is 5.69 Å². The Morgan fingerprint density at radius 1 is 1.14 bits per heavy atom. The molecule has 2 aromatic rings. The molecule has 0 saturated heterocycles. The van der Waals surface area contributed by atoms with E-state index in [9.17, 15) is 0 Å². The maximum atomic E-state index is 5.50. The van der Waals surface area contributed by atoms with Gasteiger partial charge in [-0.15, -0.1) is 0 Å². The first-order valence-electron chi connectivity index (χ1n) is 7.96. The van der Waals surface area contributed by atoms with Gasteiger partial charge in [0.25, 0.3) is 0 Å². The molecule has 0 radical (unpaired) electrons. The van der Waals surface area contributed by atoms with Gasteiger partial charge in [-0.3, -0.25) is 4.98 Å². The van der Waals surface area contributed by atoms with E-state index in [4.69, 9.17) is 14.5 Å². The average Bonchev–Trinajstić information content (AvgIpc) is 2.53. The summed E-state index contributed by atoms with van der Waals surface area (Å²) in [6.45, 7) is 7.23. The molecule has 4 nitrogen and oxygen atoms in total. The Hall–Kier alpha value is -1.65. The summed E-state index contributed by atoms with van der Waals surface area (Å²) in [4.78, 5) is 4.71. The molecule has 0 spiro atoms. The molecule has 4 heteroatoms. The van der Waals surface area contributed by atoms with Gasteiger partial charge in [0.15, 0.2) is 0 Å². The first-order valence-corrected chi connectivity index (χ1v) is 7.96. The molecule has 0 bridgehead atoms. The van der Waals surface area contributed by atoms with Crippen molar-refractivity contribution in [3.63, 3.8) is 0 Å².